The smallest absolute Gasteiger partial charge is 0.265 e. The van der Waals surface area contributed by atoms with E-state index in [1.807, 2.05) is 23.6 Å². The Hall–Kier alpha value is -1.44. The average Bonchev–Trinajstić information content (AvgIpc) is 2.97. The van der Waals surface area contributed by atoms with Crippen LogP contribution in [0, 0.1) is 0 Å². The average molecular weight is 354 g/mol. The SMILES string of the molecule is Nc1nc2c(Br)cc(NC(=O)c3cccs3)cc2s1. The number of nitrogens with one attached hydrogen (secondary N) is 1. The lowest BCUT2D eigenvalue weighted by molar-refractivity contribution is 0.103. The lowest BCUT2D eigenvalue weighted by atomic mass is 10.3. The first-order chi connectivity index (χ1) is 9.13. The monoisotopic (exact) mass is 353 g/mol. The Kier molecular flexibility index (Phi) is 3.26. The Balaban J connectivity index is 1.95. The molecule has 2 aromatic heterocycles. The topological polar surface area (TPSA) is 68.0 Å². The summed E-state index contributed by atoms with van der Waals surface area (Å²) in [6.45, 7) is 0. The highest BCUT2D eigenvalue weighted by atomic mass is 79.9. The number of halogens is 1. The fraction of sp³-hybridized carbons (Fsp3) is 0. The number of nitrogen functional groups attached to an aromatic ring is 1. The minimum atomic E-state index is -0.112. The van der Waals surface area contributed by atoms with E-state index in [1.54, 1.807) is 6.07 Å². The van der Waals surface area contributed by atoms with E-state index in [-0.39, 0.29) is 5.91 Å². The number of amides is 1. The van der Waals surface area contributed by atoms with Gasteiger partial charge in [0.2, 0.25) is 0 Å². The van der Waals surface area contributed by atoms with Gasteiger partial charge >= 0.3 is 0 Å². The molecule has 0 radical (unpaired) electrons. The molecule has 0 atom stereocenters. The van der Waals surface area contributed by atoms with Crippen LogP contribution in [0.3, 0.4) is 0 Å². The molecule has 96 valence electrons. The van der Waals surface area contributed by atoms with E-state index in [4.69, 9.17) is 5.73 Å². The van der Waals surface area contributed by atoms with Crippen molar-refractivity contribution in [3.05, 3.63) is 39.0 Å². The van der Waals surface area contributed by atoms with Crippen LogP contribution in [0.25, 0.3) is 10.2 Å². The van der Waals surface area contributed by atoms with Crippen molar-refractivity contribution < 1.29 is 4.79 Å². The van der Waals surface area contributed by atoms with E-state index in [1.165, 1.54) is 22.7 Å². The molecule has 0 aliphatic heterocycles. The molecule has 19 heavy (non-hydrogen) atoms. The number of thiazole rings is 1. The molecule has 3 rings (SSSR count). The van der Waals surface area contributed by atoms with E-state index >= 15 is 0 Å². The molecule has 0 unspecified atom stereocenters. The molecule has 0 bridgehead atoms. The van der Waals surface area contributed by atoms with Crippen molar-refractivity contribution in [2.75, 3.05) is 11.1 Å². The second kappa shape index (κ2) is 4.92. The molecule has 7 heteroatoms. The van der Waals surface area contributed by atoms with Gasteiger partial charge in [0.05, 0.1) is 15.1 Å². The molecular weight excluding hydrogens is 346 g/mol. The Morgan fingerprint density at radius 2 is 2.26 bits per heavy atom. The number of anilines is 2. The van der Waals surface area contributed by atoms with E-state index in [2.05, 4.69) is 26.2 Å². The molecule has 0 aliphatic rings. The number of hydrogen-bond donors (Lipinski definition) is 2. The number of rotatable bonds is 2. The first-order valence-corrected chi connectivity index (χ1v) is 7.83. The van der Waals surface area contributed by atoms with Crippen LogP contribution in [-0.2, 0) is 0 Å². The van der Waals surface area contributed by atoms with Crippen LogP contribution < -0.4 is 11.1 Å². The molecule has 1 amide bonds. The summed E-state index contributed by atoms with van der Waals surface area (Å²) in [6.07, 6.45) is 0. The molecule has 1 aromatic carbocycles. The first kappa shape index (κ1) is 12.6. The molecule has 0 saturated heterocycles. The van der Waals surface area contributed by atoms with Gasteiger partial charge in [-0.3, -0.25) is 4.79 Å². The van der Waals surface area contributed by atoms with Crippen LogP contribution in [0.2, 0.25) is 0 Å². The van der Waals surface area contributed by atoms with Gasteiger partial charge in [0, 0.05) is 10.2 Å². The zero-order valence-corrected chi connectivity index (χ0v) is 12.7. The highest BCUT2D eigenvalue weighted by Gasteiger charge is 2.11. The van der Waals surface area contributed by atoms with Crippen molar-refractivity contribution in [1.29, 1.82) is 0 Å². The molecule has 3 aromatic rings. The predicted octanol–water partition coefficient (Wildman–Crippen LogP) is 3.95. The number of benzene rings is 1. The van der Waals surface area contributed by atoms with E-state index in [0.29, 0.717) is 10.0 Å². The van der Waals surface area contributed by atoms with Crippen LogP contribution in [0.1, 0.15) is 9.67 Å². The Bertz CT molecular complexity index is 752. The third-order valence-corrected chi connectivity index (χ3v) is 4.77. The van der Waals surface area contributed by atoms with Gasteiger partial charge in [-0.15, -0.1) is 11.3 Å². The van der Waals surface area contributed by atoms with Crippen LogP contribution in [-0.4, -0.2) is 10.9 Å². The molecule has 0 aliphatic carbocycles. The van der Waals surface area contributed by atoms with Gasteiger partial charge in [0.15, 0.2) is 5.13 Å². The van der Waals surface area contributed by atoms with Gasteiger partial charge in [-0.1, -0.05) is 17.4 Å². The minimum Gasteiger partial charge on any atom is -0.375 e. The van der Waals surface area contributed by atoms with Crippen LogP contribution >= 0.6 is 38.6 Å². The number of fused-ring (bicyclic) bond motifs is 1. The molecule has 2 heterocycles. The lowest BCUT2D eigenvalue weighted by Gasteiger charge is -2.04. The highest BCUT2D eigenvalue weighted by molar-refractivity contribution is 9.10. The summed E-state index contributed by atoms with van der Waals surface area (Å²) in [5, 5.41) is 5.25. The number of carbonyl (C=O) groups is 1. The maximum Gasteiger partial charge on any atom is 0.265 e. The second-order valence-electron chi connectivity index (χ2n) is 3.79. The maximum absolute atomic E-state index is 12.0. The summed E-state index contributed by atoms with van der Waals surface area (Å²) >= 11 is 6.24. The molecule has 0 spiro atoms. The van der Waals surface area contributed by atoms with Crippen molar-refractivity contribution >= 4 is 65.5 Å². The quantitative estimate of drug-likeness (QED) is 0.732. The maximum atomic E-state index is 12.0. The van der Waals surface area contributed by atoms with Crippen molar-refractivity contribution in [3.63, 3.8) is 0 Å². The van der Waals surface area contributed by atoms with Gasteiger partial charge in [-0.05, 0) is 39.5 Å². The van der Waals surface area contributed by atoms with Gasteiger partial charge in [0.1, 0.15) is 0 Å². The predicted molar refractivity (Wildman–Crippen MR) is 84.0 cm³/mol. The summed E-state index contributed by atoms with van der Waals surface area (Å²) in [5.41, 5.74) is 7.23. The van der Waals surface area contributed by atoms with Crippen LogP contribution in [0.4, 0.5) is 10.8 Å². The van der Waals surface area contributed by atoms with Gasteiger partial charge in [0.25, 0.3) is 5.91 Å². The van der Waals surface area contributed by atoms with Crippen LogP contribution in [0.15, 0.2) is 34.1 Å². The van der Waals surface area contributed by atoms with E-state index in [9.17, 15) is 4.79 Å². The first-order valence-electron chi connectivity index (χ1n) is 5.34. The Morgan fingerprint density at radius 3 is 3.00 bits per heavy atom. The van der Waals surface area contributed by atoms with Crippen molar-refractivity contribution in [3.8, 4) is 0 Å². The summed E-state index contributed by atoms with van der Waals surface area (Å²) in [6, 6.07) is 7.34. The summed E-state index contributed by atoms with van der Waals surface area (Å²) in [7, 11) is 0. The fourth-order valence-electron chi connectivity index (χ4n) is 1.68. The van der Waals surface area contributed by atoms with Gasteiger partial charge in [-0.2, -0.15) is 0 Å². The molecule has 0 saturated carbocycles. The van der Waals surface area contributed by atoms with Gasteiger partial charge in [-0.25, -0.2) is 4.98 Å². The Labute approximate surface area is 125 Å². The van der Waals surface area contributed by atoms with E-state index < -0.39 is 0 Å². The fourth-order valence-corrected chi connectivity index (χ4v) is 3.78. The van der Waals surface area contributed by atoms with Crippen molar-refractivity contribution in [2.24, 2.45) is 0 Å². The van der Waals surface area contributed by atoms with Crippen molar-refractivity contribution in [1.82, 2.24) is 4.98 Å². The van der Waals surface area contributed by atoms with Gasteiger partial charge < -0.3 is 11.1 Å². The molecule has 3 N–H and O–H groups in total. The normalized spacial score (nSPS) is 10.8. The largest absolute Gasteiger partial charge is 0.375 e. The van der Waals surface area contributed by atoms with E-state index in [0.717, 1.165) is 20.4 Å². The third-order valence-electron chi connectivity index (χ3n) is 2.47. The number of aromatic nitrogens is 1. The summed E-state index contributed by atoms with van der Waals surface area (Å²) in [5.74, 6) is -0.112. The second-order valence-corrected chi connectivity index (χ2v) is 6.65. The van der Waals surface area contributed by atoms with Crippen LogP contribution in [0.5, 0.6) is 0 Å². The number of carbonyl (C=O) groups excluding carboxylic acids is 1. The zero-order chi connectivity index (χ0) is 13.4. The molecular formula is C12H8BrN3OS2. The number of nitrogens with zero attached hydrogens (tertiary/aromatic N) is 1. The number of thiophene rings is 1. The number of nitrogens with two attached hydrogens (primary N) is 1. The summed E-state index contributed by atoms with van der Waals surface area (Å²) < 4.78 is 1.76. The third kappa shape index (κ3) is 2.49. The standard InChI is InChI=1S/C12H8BrN3OS2/c13-7-4-6(5-9-10(7)16-12(14)19-9)15-11(17)8-2-1-3-18-8/h1-5H,(H2,14,16)(H,15,17). The molecule has 4 nitrogen and oxygen atoms in total. The lowest BCUT2D eigenvalue weighted by Crippen LogP contribution is -2.09. The highest BCUT2D eigenvalue weighted by Crippen LogP contribution is 2.33. The summed E-state index contributed by atoms with van der Waals surface area (Å²) in [4.78, 5) is 16.9. The Morgan fingerprint density at radius 1 is 1.42 bits per heavy atom. The number of hydrogen-bond acceptors (Lipinski definition) is 5. The zero-order valence-electron chi connectivity index (χ0n) is 9.51. The molecule has 0 fully saturated rings. The minimum absolute atomic E-state index is 0.112. The van der Waals surface area contributed by atoms with Crippen molar-refractivity contribution in [2.45, 2.75) is 0 Å².